The van der Waals surface area contributed by atoms with Crippen LogP contribution in [0.1, 0.15) is 53.9 Å². The number of ether oxygens (including phenoxy) is 6. The number of amides is 1. The largest absolute Gasteiger partial charge is 0.491 e. The molecule has 8 nitrogen and oxygen atoms in total. The van der Waals surface area contributed by atoms with Gasteiger partial charge >= 0.3 is 0 Å². The van der Waals surface area contributed by atoms with E-state index in [0.29, 0.717) is 18.0 Å². The molecule has 1 aromatic rings. The third-order valence-electron chi connectivity index (χ3n) is 5.56. The second-order valence-electron chi connectivity index (χ2n) is 9.13. The normalized spacial score (nSPS) is 32.9. The molecular formula is C23H33NO7. The van der Waals surface area contributed by atoms with Gasteiger partial charge in [-0.25, -0.2) is 0 Å². The Kier molecular flexibility index (Phi) is 6.29. The van der Waals surface area contributed by atoms with Gasteiger partial charge in [-0.15, -0.1) is 0 Å². The van der Waals surface area contributed by atoms with Crippen LogP contribution in [-0.4, -0.2) is 54.8 Å². The molecule has 4 rings (SSSR count). The van der Waals surface area contributed by atoms with Crippen molar-refractivity contribution >= 4 is 11.6 Å². The Morgan fingerprint density at radius 2 is 1.65 bits per heavy atom. The molecule has 1 aromatic carbocycles. The van der Waals surface area contributed by atoms with Crippen molar-refractivity contribution in [2.24, 2.45) is 0 Å². The molecule has 0 spiro atoms. The summed E-state index contributed by atoms with van der Waals surface area (Å²) in [7, 11) is 0. The molecule has 1 N–H and O–H groups in total. The molecule has 3 heterocycles. The van der Waals surface area contributed by atoms with Gasteiger partial charge in [0.1, 0.15) is 24.1 Å². The van der Waals surface area contributed by atoms with E-state index in [1.165, 1.54) is 0 Å². The van der Waals surface area contributed by atoms with Crippen molar-refractivity contribution < 1.29 is 33.2 Å². The number of unbranched alkanes of at least 4 members (excludes halogenated alkanes) is 2. The van der Waals surface area contributed by atoms with Gasteiger partial charge in [0.05, 0.1) is 12.3 Å². The summed E-state index contributed by atoms with van der Waals surface area (Å²) in [5.41, 5.74) is 0.591. The Bertz CT molecular complexity index is 796. The maximum absolute atomic E-state index is 13.3. The van der Waals surface area contributed by atoms with Gasteiger partial charge < -0.3 is 33.7 Å². The first-order chi connectivity index (χ1) is 14.7. The maximum atomic E-state index is 13.3. The Hall–Kier alpha value is -1.71. The third-order valence-corrected chi connectivity index (χ3v) is 5.56. The summed E-state index contributed by atoms with van der Waals surface area (Å²) in [6.07, 6.45) is -0.0272. The van der Waals surface area contributed by atoms with E-state index in [-0.39, 0.29) is 5.91 Å². The molecule has 0 aliphatic carbocycles. The van der Waals surface area contributed by atoms with Gasteiger partial charge in [-0.1, -0.05) is 31.9 Å². The molecule has 8 heteroatoms. The van der Waals surface area contributed by atoms with E-state index in [2.05, 4.69) is 12.2 Å². The summed E-state index contributed by atoms with van der Waals surface area (Å²) in [5, 5.41) is 2.94. The second kappa shape index (κ2) is 8.67. The fourth-order valence-electron chi connectivity index (χ4n) is 4.26. The lowest BCUT2D eigenvalue weighted by Crippen LogP contribution is -2.58. The second-order valence-corrected chi connectivity index (χ2v) is 9.13. The molecule has 3 aliphatic heterocycles. The van der Waals surface area contributed by atoms with Crippen LogP contribution in [0.3, 0.4) is 0 Å². The Morgan fingerprint density at radius 1 is 0.968 bits per heavy atom. The minimum atomic E-state index is -0.918. The van der Waals surface area contributed by atoms with E-state index in [9.17, 15) is 4.79 Å². The van der Waals surface area contributed by atoms with E-state index in [1.54, 1.807) is 0 Å². The Morgan fingerprint density at radius 3 is 2.42 bits per heavy atom. The lowest BCUT2D eigenvalue weighted by Gasteiger charge is -2.36. The topological polar surface area (TPSA) is 84.5 Å². The number of carbonyl (C=O) groups is 1. The summed E-state index contributed by atoms with van der Waals surface area (Å²) < 4.78 is 35.9. The van der Waals surface area contributed by atoms with Crippen molar-refractivity contribution in [1.82, 2.24) is 0 Å². The van der Waals surface area contributed by atoms with Gasteiger partial charge in [-0.05, 0) is 46.2 Å². The van der Waals surface area contributed by atoms with Crippen molar-refractivity contribution in [2.45, 2.75) is 96.2 Å². The number of para-hydroxylation sites is 2. The number of carbonyl (C=O) groups excluding carboxylic acids is 1. The minimum absolute atomic E-state index is 0.340. The average Bonchev–Trinajstić information content (AvgIpc) is 3.19. The molecule has 3 fully saturated rings. The highest BCUT2D eigenvalue weighted by atomic mass is 16.9. The van der Waals surface area contributed by atoms with E-state index in [1.807, 2.05) is 52.0 Å². The predicted octanol–water partition coefficient (Wildman–Crippen LogP) is 3.59. The zero-order valence-corrected chi connectivity index (χ0v) is 18.9. The standard InChI is InChI=1S/C23H33NO7/c1-6-7-10-13-26-15-12-9-8-11-14(15)24-20(25)18-16-17(29-22(2,3)28-16)19-21(27-18)31-23(4,5)30-19/h8-9,11-12,16-19,21H,6-7,10,13H2,1-5H3,(H,24,25)/t16-,17+,18-,19-,21-/m1/s1. The molecule has 0 radical (unpaired) electrons. The van der Waals surface area contributed by atoms with E-state index in [0.717, 1.165) is 19.3 Å². The van der Waals surface area contributed by atoms with E-state index < -0.39 is 42.3 Å². The maximum Gasteiger partial charge on any atom is 0.256 e. The van der Waals surface area contributed by atoms with Crippen LogP contribution in [0.5, 0.6) is 5.75 Å². The van der Waals surface area contributed by atoms with Crippen molar-refractivity contribution in [3.05, 3.63) is 24.3 Å². The number of benzene rings is 1. The molecule has 1 amide bonds. The van der Waals surface area contributed by atoms with E-state index >= 15 is 0 Å². The highest BCUT2D eigenvalue weighted by molar-refractivity contribution is 5.96. The van der Waals surface area contributed by atoms with Gasteiger partial charge in [0.15, 0.2) is 24.0 Å². The summed E-state index contributed by atoms with van der Waals surface area (Å²) >= 11 is 0. The first-order valence-electron chi connectivity index (χ1n) is 11.1. The first kappa shape index (κ1) is 22.5. The molecule has 3 saturated heterocycles. The summed E-state index contributed by atoms with van der Waals surface area (Å²) in [6.45, 7) is 10.00. The highest BCUT2D eigenvalue weighted by Crippen LogP contribution is 2.44. The van der Waals surface area contributed by atoms with Gasteiger partial charge in [0.25, 0.3) is 5.91 Å². The van der Waals surface area contributed by atoms with Gasteiger partial charge in [-0.2, -0.15) is 0 Å². The van der Waals surface area contributed by atoms with Gasteiger partial charge in [0.2, 0.25) is 0 Å². The van der Waals surface area contributed by atoms with Crippen LogP contribution in [0.15, 0.2) is 24.3 Å². The first-order valence-corrected chi connectivity index (χ1v) is 11.1. The average molecular weight is 436 g/mol. The monoisotopic (exact) mass is 435 g/mol. The van der Waals surface area contributed by atoms with Crippen LogP contribution >= 0.6 is 0 Å². The van der Waals surface area contributed by atoms with Crippen LogP contribution in [0.2, 0.25) is 0 Å². The number of fused-ring (bicyclic) bond motifs is 3. The van der Waals surface area contributed by atoms with Gasteiger partial charge in [-0.3, -0.25) is 4.79 Å². The molecule has 31 heavy (non-hydrogen) atoms. The SMILES string of the molecule is CCCCCOc1ccccc1NC(=O)[C@@H]1O[C@@H]2OC(C)(C)O[C@@H]2[C@H]2OC(C)(C)O[C@H]21. The van der Waals surface area contributed by atoms with Gasteiger partial charge in [0, 0.05) is 0 Å². The number of nitrogens with one attached hydrogen (secondary N) is 1. The lowest BCUT2D eigenvalue weighted by molar-refractivity contribution is -0.229. The molecule has 0 bridgehead atoms. The zero-order valence-electron chi connectivity index (χ0n) is 18.9. The smallest absolute Gasteiger partial charge is 0.256 e. The van der Waals surface area contributed by atoms with Crippen LogP contribution in [-0.2, 0) is 28.5 Å². The number of anilines is 1. The van der Waals surface area contributed by atoms with Crippen molar-refractivity contribution in [3.63, 3.8) is 0 Å². The van der Waals surface area contributed by atoms with Crippen LogP contribution in [0, 0.1) is 0 Å². The lowest BCUT2D eigenvalue weighted by atomic mass is 9.98. The fraction of sp³-hybridized carbons (Fsp3) is 0.696. The van der Waals surface area contributed by atoms with Crippen LogP contribution in [0.4, 0.5) is 5.69 Å². The third kappa shape index (κ3) is 4.88. The molecule has 0 unspecified atom stereocenters. The summed E-state index contributed by atoms with van der Waals surface area (Å²) in [5.74, 6) is -1.40. The number of hydrogen-bond acceptors (Lipinski definition) is 7. The Balaban J connectivity index is 1.50. The molecule has 3 aliphatic rings. The molecular weight excluding hydrogens is 402 g/mol. The van der Waals surface area contributed by atoms with Crippen LogP contribution < -0.4 is 10.1 Å². The van der Waals surface area contributed by atoms with Crippen molar-refractivity contribution in [2.75, 3.05) is 11.9 Å². The van der Waals surface area contributed by atoms with Crippen molar-refractivity contribution in [3.8, 4) is 5.75 Å². The van der Waals surface area contributed by atoms with Crippen molar-refractivity contribution in [1.29, 1.82) is 0 Å². The quantitative estimate of drug-likeness (QED) is 0.655. The number of rotatable bonds is 7. The molecule has 5 atom stereocenters. The summed E-state index contributed by atoms with van der Waals surface area (Å²) in [4.78, 5) is 13.3. The minimum Gasteiger partial charge on any atom is -0.491 e. The zero-order chi connectivity index (χ0) is 22.2. The highest BCUT2D eigenvalue weighted by Gasteiger charge is 2.62. The Labute approximate surface area is 183 Å². The molecule has 172 valence electrons. The van der Waals surface area contributed by atoms with Crippen LogP contribution in [0.25, 0.3) is 0 Å². The fourth-order valence-corrected chi connectivity index (χ4v) is 4.26. The summed E-state index contributed by atoms with van der Waals surface area (Å²) in [6, 6.07) is 7.38. The molecule has 0 aromatic heterocycles. The number of hydrogen-bond donors (Lipinski definition) is 1. The van der Waals surface area contributed by atoms with E-state index in [4.69, 9.17) is 28.4 Å². The predicted molar refractivity (Wildman–Crippen MR) is 113 cm³/mol. The molecule has 0 saturated carbocycles.